The second-order valence-electron chi connectivity index (χ2n) is 4.52. The van der Waals surface area contributed by atoms with Gasteiger partial charge < -0.3 is 59.4 Å². The fourth-order valence-corrected chi connectivity index (χ4v) is 1.43. The molecule has 14 nitrogen and oxygen atoms in total. The Morgan fingerprint density at radius 1 is 0.444 bits per heavy atom. The molecule has 0 aliphatic carbocycles. The minimum Gasteiger partial charge on any atom is -0.549 e. The van der Waals surface area contributed by atoms with Crippen LogP contribution in [0.25, 0.3) is 0 Å². The number of carboxylic acids is 6. The van der Waals surface area contributed by atoms with Crippen LogP contribution in [0.1, 0.15) is 4.28 Å². The number of carboxylic acid groups (broad SMARTS) is 6. The van der Waals surface area contributed by atoms with Crippen LogP contribution in [0.4, 0.5) is 0 Å². The average molecular weight is 501 g/mol. The van der Waals surface area contributed by atoms with E-state index in [1.54, 1.807) is 0 Å². The monoisotopic (exact) mass is 500 g/mol. The Kier molecular flexibility index (Phi) is 17.1. The van der Waals surface area contributed by atoms with Crippen LogP contribution >= 0.6 is 0 Å². The van der Waals surface area contributed by atoms with E-state index in [-0.39, 0.29) is 28.7 Å². The van der Waals surface area contributed by atoms with Gasteiger partial charge in [-0.1, -0.05) is 0 Å². The van der Waals surface area contributed by atoms with Gasteiger partial charge in [-0.05, 0) is 0 Å². The molecular weight excluding hydrogens is 486 g/mol. The summed E-state index contributed by atoms with van der Waals surface area (Å²) in [4.78, 5) is 61.2. The Hall–Kier alpha value is -2.44. The summed E-state index contributed by atoms with van der Waals surface area (Å²) in [6.07, 6.45) is 0. The topological polar surface area (TPSA) is 247 Å². The van der Waals surface area contributed by atoms with E-state index < -0.39 is 75.1 Å². The summed E-state index contributed by atoms with van der Waals surface area (Å²) >= 11 is 0. The van der Waals surface area contributed by atoms with Crippen molar-refractivity contribution in [3.8, 4) is 0 Å². The van der Waals surface area contributed by atoms with Crippen molar-refractivity contribution in [3.05, 3.63) is 0 Å². The number of nitrogens with zero attached hydrogens (tertiary/aromatic N) is 2. The fourth-order valence-electron chi connectivity index (χ4n) is 1.43. The standard InChI is InChI=1S/2C6H9NO6.Sb/c2*8-4(9)1-7(2-5(10)11)3-6(12)13;/h2*1-3H2,(H,8,9)(H,10,11)(H,12,13);/q;;+3/p-3. The molecule has 0 saturated heterocycles. The molecule has 0 fully saturated rings. The van der Waals surface area contributed by atoms with E-state index in [0.717, 1.165) is 0 Å². The Morgan fingerprint density at radius 3 is 0.630 bits per heavy atom. The molecule has 0 aromatic heterocycles. The third kappa shape index (κ3) is 23.6. The van der Waals surface area contributed by atoms with Gasteiger partial charge in [-0.25, -0.2) is 0 Å². The maximum absolute atomic E-state index is 9.99. The van der Waals surface area contributed by atoms with Crippen molar-refractivity contribution in [3.63, 3.8) is 0 Å². The Balaban J connectivity index is -0.0000000847. The summed E-state index contributed by atoms with van der Waals surface area (Å²) in [5, 5.41) is 60.0. The zero-order valence-corrected chi connectivity index (χ0v) is 16.0. The molecule has 0 unspecified atom stereocenters. The van der Waals surface area contributed by atoms with Gasteiger partial charge in [0.2, 0.25) is 0 Å². The van der Waals surface area contributed by atoms with Gasteiger partial charge in [-0.3, -0.25) is 9.80 Å². The summed E-state index contributed by atoms with van der Waals surface area (Å²) in [6, 6.07) is 0. The predicted octanol–water partition coefficient (Wildman–Crippen LogP) is -11.0. The third-order valence-corrected chi connectivity index (χ3v) is 2.12. The molecule has 15 heteroatoms. The van der Waals surface area contributed by atoms with Crippen molar-refractivity contribution in [1.29, 1.82) is 0 Å². The Morgan fingerprint density at radius 2 is 0.556 bits per heavy atom. The summed E-state index contributed by atoms with van der Waals surface area (Å²) in [7, 11) is 0. The summed E-state index contributed by atoms with van der Waals surface area (Å²) in [5.41, 5.74) is 0. The maximum Gasteiger partial charge on any atom is 3.00 e. The molecule has 0 bridgehead atoms. The van der Waals surface area contributed by atoms with Gasteiger partial charge in [0.05, 0.1) is 35.8 Å². The second-order valence-corrected chi connectivity index (χ2v) is 4.52. The molecule has 0 spiro atoms. The van der Waals surface area contributed by atoms with Crippen LogP contribution in [0, 0.1) is 0 Å². The molecule has 2 radical (unpaired) electrons. The van der Waals surface area contributed by atoms with Crippen molar-refractivity contribution in [1.82, 2.24) is 9.80 Å². The average Bonchev–Trinajstić information content (AvgIpc) is 2.33. The SMILES string of the molecule is O=C([O-])CN(CC(=O)[O-])CC(=O)[O-].O=C([O-])CN(CC(=O)[O-])CC(=O)[O-].[H+].[H+].[H+].[Sb+3]. The number of aliphatic carboxylic acids is 6. The fraction of sp³-hybridized carbons (Fsp3) is 0.500. The van der Waals surface area contributed by atoms with Crippen LogP contribution in [0.2, 0.25) is 0 Å². The molecule has 0 saturated carbocycles. The molecule has 0 atom stereocenters. The zero-order chi connectivity index (χ0) is 20.9. The summed E-state index contributed by atoms with van der Waals surface area (Å²) < 4.78 is 0. The number of carbonyl (C=O) groups is 6. The summed E-state index contributed by atoms with van der Waals surface area (Å²) in [6.45, 7) is -4.74. The largest absolute Gasteiger partial charge is 3.00 e. The van der Waals surface area contributed by atoms with Gasteiger partial charge in [-0.15, -0.1) is 0 Å². The first kappa shape index (κ1) is 29.3. The number of hydrogen-bond acceptors (Lipinski definition) is 14. The second kappa shape index (κ2) is 15.8. The molecule has 27 heavy (non-hydrogen) atoms. The van der Waals surface area contributed by atoms with Crippen molar-refractivity contribution in [2.45, 2.75) is 0 Å². The van der Waals surface area contributed by atoms with E-state index in [9.17, 15) is 59.4 Å². The molecule has 0 heterocycles. The van der Waals surface area contributed by atoms with Gasteiger partial charge in [0.1, 0.15) is 0 Å². The van der Waals surface area contributed by atoms with Crippen LogP contribution in [-0.4, -0.2) is 109 Å². The van der Waals surface area contributed by atoms with Gasteiger partial charge in [0, 0.05) is 39.3 Å². The first-order chi connectivity index (χ1) is 11.8. The van der Waals surface area contributed by atoms with Crippen LogP contribution in [0.15, 0.2) is 0 Å². The minimum atomic E-state index is -1.57. The van der Waals surface area contributed by atoms with Crippen molar-refractivity contribution in [2.75, 3.05) is 39.3 Å². The van der Waals surface area contributed by atoms with Gasteiger partial charge in [0.25, 0.3) is 0 Å². The van der Waals surface area contributed by atoms with Crippen LogP contribution in [0.3, 0.4) is 0 Å². The number of rotatable bonds is 12. The Bertz CT molecular complexity index is 442. The normalized spacial score (nSPS) is 9.56. The smallest absolute Gasteiger partial charge is 0.549 e. The molecule has 0 amide bonds. The molecule has 0 aromatic rings. The molecule has 0 rings (SSSR count). The minimum absolute atomic E-state index is 0. The first-order valence-corrected chi connectivity index (χ1v) is 6.47. The first-order valence-electron chi connectivity index (χ1n) is 6.47. The molecule has 0 N–H and O–H groups in total. The number of carbonyl (C=O) groups excluding carboxylic acids is 6. The van der Waals surface area contributed by atoms with E-state index in [2.05, 4.69) is 0 Å². The molecular formula is C12H15N2O12Sb. The Labute approximate surface area is 173 Å². The molecule has 0 aromatic carbocycles. The molecule has 150 valence electrons. The molecule has 0 aliphatic rings. The van der Waals surface area contributed by atoms with E-state index in [1.165, 1.54) is 0 Å². The van der Waals surface area contributed by atoms with Crippen molar-refractivity contribution in [2.24, 2.45) is 0 Å². The van der Waals surface area contributed by atoms with Crippen LogP contribution < -0.4 is 30.6 Å². The van der Waals surface area contributed by atoms with E-state index in [4.69, 9.17) is 0 Å². The van der Waals surface area contributed by atoms with Crippen LogP contribution in [-0.2, 0) is 28.8 Å². The van der Waals surface area contributed by atoms with E-state index in [0.29, 0.717) is 9.80 Å². The third-order valence-electron chi connectivity index (χ3n) is 2.12. The van der Waals surface area contributed by atoms with Gasteiger partial charge in [-0.2, -0.15) is 0 Å². The summed E-state index contributed by atoms with van der Waals surface area (Å²) in [5.74, 6) is -9.40. The van der Waals surface area contributed by atoms with Gasteiger partial charge in [0.15, 0.2) is 0 Å². The molecule has 0 aliphatic heterocycles. The number of hydrogen-bond donors (Lipinski definition) is 0. The van der Waals surface area contributed by atoms with Crippen molar-refractivity contribution >= 4 is 60.2 Å². The van der Waals surface area contributed by atoms with Gasteiger partial charge >= 0.3 is 28.7 Å². The van der Waals surface area contributed by atoms with Crippen LogP contribution in [0.5, 0.6) is 0 Å². The zero-order valence-electron chi connectivity index (χ0n) is 16.5. The quantitative estimate of drug-likeness (QED) is 0.225. The maximum atomic E-state index is 9.99. The van der Waals surface area contributed by atoms with E-state index >= 15 is 0 Å². The van der Waals surface area contributed by atoms with Crippen molar-refractivity contribution < 1.29 is 63.7 Å². The van der Waals surface area contributed by atoms with E-state index in [1.807, 2.05) is 0 Å². The predicted molar refractivity (Wildman–Crippen MR) is 72.0 cm³/mol.